The van der Waals surface area contributed by atoms with E-state index in [1.54, 1.807) is 19.5 Å². The van der Waals surface area contributed by atoms with Crippen molar-refractivity contribution in [2.24, 2.45) is 0 Å². The van der Waals surface area contributed by atoms with Crippen LogP contribution in [0.1, 0.15) is 5.56 Å². The third-order valence-corrected chi connectivity index (χ3v) is 5.17. The Kier molecular flexibility index (Phi) is 6.03. The van der Waals surface area contributed by atoms with Gasteiger partial charge in [-0.3, -0.25) is 4.79 Å². The lowest BCUT2D eigenvalue weighted by Crippen LogP contribution is -2.48. The zero-order valence-corrected chi connectivity index (χ0v) is 16.9. The largest absolute Gasteiger partial charge is 0.497 e. The second kappa shape index (κ2) is 9.22. The van der Waals surface area contributed by atoms with Gasteiger partial charge in [0.15, 0.2) is 0 Å². The molecule has 0 N–H and O–H groups in total. The Labute approximate surface area is 176 Å². The van der Waals surface area contributed by atoms with Crippen LogP contribution in [0.4, 0.5) is 5.82 Å². The molecule has 2 aromatic carbocycles. The van der Waals surface area contributed by atoms with E-state index >= 15 is 0 Å². The number of carbonyl (C=O) groups excluding carboxylic acids is 1. The fourth-order valence-electron chi connectivity index (χ4n) is 3.43. The highest BCUT2D eigenvalue weighted by atomic mass is 16.5. The molecule has 4 rings (SSSR count). The predicted octanol–water partition coefficient (Wildman–Crippen LogP) is 3.51. The van der Waals surface area contributed by atoms with Crippen LogP contribution >= 0.6 is 0 Å². The maximum absolute atomic E-state index is 12.5. The quantitative estimate of drug-likeness (QED) is 0.614. The topological polar surface area (TPSA) is 58.6 Å². The number of hydrogen-bond acceptors (Lipinski definition) is 5. The maximum atomic E-state index is 12.5. The van der Waals surface area contributed by atoms with Crippen LogP contribution < -0.4 is 9.64 Å². The highest BCUT2D eigenvalue weighted by Crippen LogP contribution is 2.23. The molecule has 0 radical (unpaired) electrons. The van der Waals surface area contributed by atoms with E-state index in [9.17, 15) is 4.79 Å². The van der Waals surface area contributed by atoms with Gasteiger partial charge in [-0.2, -0.15) is 0 Å². The van der Waals surface area contributed by atoms with Gasteiger partial charge in [0.05, 0.1) is 12.8 Å². The van der Waals surface area contributed by atoms with Crippen LogP contribution in [0.5, 0.6) is 5.75 Å². The summed E-state index contributed by atoms with van der Waals surface area (Å²) in [6, 6.07) is 19.7. The lowest BCUT2D eigenvalue weighted by Gasteiger charge is -2.35. The Morgan fingerprint density at radius 1 is 0.967 bits per heavy atom. The third-order valence-electron chi connectivity index (χ3n) is 5.17. The molecule has 0 aliphatic carbocycles. The Morgan fingerprint density at radius 2 is 1.70 bits per heavy atom. The average molecular weight is 400 g/mol. The van der Waals surface area contributed by atoms with Gasteiger partial charge in [0.25, 0.3) is 0 Å². The van der Waals surface area contributed by atoms with E-state index in [0.717, 1.165) is 41.5 Å². The van der Waals surface area contributed by atoms with Crippen LogP contribution in [-0.4, -0.2) is 54.1 Å². The smallest absolute Gasteiger partial charge is 0.246 e. The number of methoxy groups -OCH3 is 1. The highest BCUT2D eigenvalue weighted by molar-refractivity contribution is 5.92. The molecule has 1 fully saturated rings. The number of rotatable bonds is 5. The summed E-state index contributed by atoms with van der Waals surface area (Å²) in [6.45, 7) is 2.81. The second-order valence-electron chi connectivity index (χ2n) is 7.05. The normalized spacial score (nSPS) is 14.2. The highest BCUT2D eigenvalue weighted by Gasteiger charge is 2.21. The summed E-state index contributed by atoms with van der Waals surface area (Å²) in [5.74, 6) is 1.73. The molecule has 3 aromatic rings. The van der Waals surface area contributed by atoms with E-state index in [2.05, 4.69) is 14.9 Å². The van der Waals surface area contributed by atoms with Crippen LogP contribution in [0.15, 0.2) is 73.1 Å². The van der Waals surface area contributed by atoms with Gasteiger partial charge in [-0.05, 0) is 35.9 Å². The molecule has 1 aliphatic heterocycles. The van der Waals surface area contributed by atoms with Crippen molar-refractivity contribution in [2.75, 3.05) is 38.2 Å². The van der Waals surface area contributed by atoms with Gasteiger partial charge in [0, 0.05) is 43.9 Å². The van der Waals surface area contributed by atoms with Crippen molar-refractivity contribution in [3.05, 3.63) is 78.6 Å². The van der Waals surface area contributed by atoms with Gasteiger partial charge in [0.2, 0.25) is 5.91 Å². The summed E-state index contributed by atoms with van der Waals surface area (Å²) >= 11 is 0. The molecule has 152 valence electrons. The molecule has 0 spiro atoms. The molecule has 0 bridgehead atoms. The number of amides is 1. The Bertz CT molecular complexity index is 1010. The van der Waals surface area contributed by atoms with Crippen molar-refractivity contribution >= 4 is 17.8 Å². The first-order valence-corrected chi connectivity index (χ1v) is 9.96. The minimum Gasteiger partial charge on any atom is -0.497 e. The van der Waals surface area contributed by atoms with Gasteiger partial charge in [0.1, 0.15) is 17.9 Å². The molecule has 1 amide bonds. The van der Waals surface area contributed by atoms with Crippen molar-refractivity contribution in [2.45, 2.75) is 0 Å². The number of nitrogens with zero attached hydrogens (tertiary/aromatic N) is 4. The molecule has 1 aliphatic rings. The Hall–Kier alpha value is -3.67. The van der Waals surface area contributed by atoms with Crippen LogP contribution in [0.3, 0.4) is 0 Å². The monoisotopic (exact) mass is 400 g/mol. The third kappa shape index (κ3) is 4.66. The van der Waals surface area contributed by atoms with Gasteiger partial charge in [-0.25, -0.2) is 9.97 Å². The summed E-state index contributed by atoms with van der Waals surface area (Å²) in [7, 11) is 1.65. The molecular formula is C24H24N4O2. The van der Waals surface area contributed by atoms with E-state index in [-0.39, 0.29) is 5.91 Å². The maximum Gasteiger partial charge on any atom is 0.246 e. The standard InChI is InChI=1S/C24H24N4O2/c1-30-21-10-8-20(9-11-21)22-17-23(26-18-25-22)27-13-15-28(16-14-27)24(29)12-7-19-5-3-2-4-6-19/h2-12,17-18H,13-16H2,1H3/b12-7-. The molecule has 30 heavy (non-hydrogen) atoms. The molecule has 1 aromatic heterocycles. The zero-order chi connectivity index (χ0) is 20.8. The van der Waals surface area contributed by atoms with Crippen LogP contribution in [-0.2, 0) is 4.79 Å². The fourth-order valence-corrected chi connectivity index (χ4v) is 3.43. The number of ether oxygens (including phenoxy) is 1. The van der Waals surface area contributed by atoms with Crippen molar-refractivity contribution in [3.8, 4) is 17.0 Å². The first-order chi connectivity index (χ1) is 14.7. The first-order valence-electron chi connectivity index (χ1n) is 9.96. The molecule has 0 unspecified atom stereocenters. The van der Waals surface area contributed by atoms with E-state index in [1.807, 2.05) is 71.6 Å². The number of piperazine rings is 1. The summed E-state index contributed by atoms with van der Waals surface area (Å²) in [4.78, 5) is 25.4. The van der Waals surface area contributed by atoms with Crippen LogP contribution in [0.25, 0.3) is 17.3 Å². The Morgan fingerprint density at radius 3 is 2.40 bits per heavy atom. The molecule has 6 nitrogen and oxygen atoms in total. The van der Waals surface area contributed by atoms with Crippen molar-refractivity contribution in [1.82, 2.24) is 14.9 Å². The second-order valence-corrected chi connectivity index (χ2v) is 7.05. The minimum atomic E-state index is 0.0418. The summed E-state index contributed by atoms with van der Waals surface area (Å²) in [5, 5.41) is 0. The number of anilines is 1. The van der Waals surface area contributed by atoms with Gasteiger partial charge >= 0.3 is 0 Å². The van der Waals surface area contributed by atoms with Gasteiger partial charge in [-0.1, -0.05) is 30.3 Å². The molecule has 6 heteroatoms. The molecule has 1 saturated heterocycles. The summed E-state index contributed by atoms with van der Waals surface area (Å²) in [6.07, 6.45) is 5.10. The molecule has 2 heterocycles. The summed E-state index contributed by atoms with van der Waals surface area (Å²) in [5.41, 5.74) is 2.91. The van der Waals surface area contributed by atoms with E-state index < -0.39 is 0 Å². The molecule has 0 atom stereocenters. The lowest BCUT2D eigenvalue weighted by atomic mass is 10.1. The number of carbonyl (C=O) groups is 1. The molecule has 0 saturated carbocycles. The predicted molar refractivity (Wildman–Crippen MR) is 118 cm³/mol. The van der Waals surface area contributed by atoms with Crippen molar-refractivity contribution in [3.63, 3.8) is 0 Å². The number of benzene rings is 2. The van der Waals surface area contributed by atoms with Gasteiger partial charge in [-0.15, -0.1) is 0 Å². The van der Waals surface area contributed by atoms with Crippen molar-refractivity contribution < 1.29 is 9.53 Å². The van der Waals surface area contributed by atoms with E-state index in [4.69, 9.17) is 4.74 Å². The summed E-state index contributed by atoms with van der Waals surface area (Å²) < 4.78 is 5.22. The molecular weight excluding hydrogens is 376 g/mol. The van der Waals surface area contributed by atoms with E-state index in [0.29, 0.717) is 13.1 Å². The number of aromatic nitrogens is 2. The first kappa shape index (κ1) is 19.6. The van der Waals surface area contributed by atoms with Crippen molar-refractivity contribution in [1.29, 1.82) is 0 Å². The average Bonchev–Trinajstić information content (AvgIpc) is 2.83. The van der Waals surface area contributed by atoms with E-state index in [1.165, 1.54) is 0 Å². The zero-order valence-electron chi connectivity index (χ0n) is 16.9. The SMILES string of the molecule is COc1ccc(-c2cc(N3CCN(C(=O)/C=C\c4ccccc4)CC3)ncn2)cc1. The number of hydrogen-bond donors (Lipinski definition) is 0. The lowest BCUT2D eigenvalue weighted by molar-refractivity contribution is -0.126. The fraction of sp³-hybridized carbons (Fsp3) is 0.208. The minimum absolute atomic E-state index is 0.0418. The Balaban J connectivity index is 1.38. The van der Waals surface area contributed by atoms with Crippen LogP contribution in [0.2, 0.25) is 0 Å². The van der Waals surface area contributed by atoms with Gasteiger partial charge < -0.3 is 14.5 Å². The van der Waals surface area contributed by atoms with Crippen LogP contribution in [0, 0.1) is 0 Å².